The molecule has 0 N–H and O–H groups in total. The lowest BCUT2D eigenvalue weighted by atomic mass is 10.1. The van der Waals surface area contributed by atoms with Crippen LogP contribution in [0.5, 0.6) is 0 Å². The van der Waals surface area contributed by atoms with Crippen LogP contribution in [0.2, 0.25) is 0 Å². The minimum absolute atomic E-state index is 0.162. The van der Waals surface area contributed by atoms with Crippen LogP contribution < -0.4 is 0 Å². The van der Waals surface area contributed by atoms with Gasteiger partial charge < -0.3 is 4.84 Å². The average Bonchev–Trinajstić information content (AvgIpc) is 3.00. The van der Waals surface area contributed by atoms with Gasteiger partial charge in [0.2, 0.25) is 5.82 Å². The highest BCUT2D eigenvalue weighted by Crippen LogP contribution is 2.22. The van der Waals surface area contributed by atoms with E-state index in [1.54, 1.807) is 32.0 Å². The van der Waals surface area contributed by atoms with E-state index in [0.29, 0.717) is 30.5 Å². The van der Waals surface area contributed by atoms with Gasteiger partial charge in [-0.05, 0) is 18.6 Å². The number of hydrogen-bond donors (Lipinski definition) is 0. The summed E-state index contributed by atoms with van der Waals surface area (Å²) in [6.07, 6.45) is 1.59. The third kappa shape index (κ3) is 3.57. The molecule has 140 valence electrons. The summed E-state index contributed by atoms with van der Waals surface area (Å²) in [6.45, 7) is 6.15. The minimum atomic E-state index is -3.87. The standard InChI is InChI=1S/C17H23N5O3S/c1-5-8-14(20-25-4)13-9-10-16-15(11-13)19-17(12-18)22(16)26(23,24)21(6-2)7-3/h9-11H,5-8H2,1-4H3. The average molecular weight is 377 g/mol. The summed E-state index contributed by atoms with van der Waals surface area (Å²) in [5, 5.41) is 13.4. The van der Waals surface area contributed by atoms with Crippen LogP contribution in [0.3, 0.4) is 0 Å². The fraction of sp³-hybridized carbons (Fsp3) is 0.471. The molecule has 0 amide bonds. The zero-order chi connectivity index (χ0) is 19.3. The van der Waals surface area contributed by atoms with Crippen LogP contribution in [0.4, 0.5) is 0 Å². The molecule has 0 aliphatic rings. The Hall–Kier alpha value is -2.44. The first-order valence-electron chi connectivity index (χ1n) is 8.48. The molecule has 0 radical (unpaired) electrons. The van der Waals surface area contributed by atoms with E-state index in [2.05, 4.69) is 10.1 Å². The van der Waals surface area contributed by atoms with E-state index in [1.165, 1.54) is 11.4 Å². The maximum Gasteiger partial charge on any atom is 0.310 e. The van der Waals surface area contributed by atoms with Gasteiger partial charge in [-0.15, -0.1) is 0 Å². The van der Waals surface area contributed by atoms with Crippen molar-refractivity contribution < 1.29 is 13.3 Å². The van der Waals surface area contributed by atoms with E-state index >= 15 is 0 Å². The predicted octanol–water partition coefficient (Wildman–Crippen LogP) is 2.49. The predicted molar refractivity (Wildman–Crippen MR) is 100 cm³/mol. The topological polar surface area (TPSA) is 101 Å². The van der Waals surface area contributed by atoms with Gasteiger partial charge in [-0.2, -0.15) is 22.0 Å². The zero-order valence-electron chi connectivity index (χ0n) is 15.4. The van der Waals surface area contributed by atoms with Crippen molar-refractivity contribution in [2.75, 3.05) is 20.2 Å². The Kier molecular flexibility index (Phi) is 6.34. The molecule has 26 heavy (non-hydrogen) atoms. The van der Waals surface area contributed by atoms with E-state index in [9.17, 15) is 13.7 Å². The fourth-order valence-electron chi connectivity index (χ4n) is 2.80. The Balaban J connectivity index is 2.69. The normalized spacial score (nSPS) is 12.5. The molecule has 0 fully saturated rings. The van der Waals surface area contributed by atoms with Crippen LogP contribution >= 0.6 is 0 Å². The lowest BCUT2D eigenvalue weighted by Gasteiger charge is -2.19. The first-order valence-corrected chi connectivity index (χ1v) is 9.87. The molecule has 0 unspecified atom stereocenters. The van der Waals surface area contributed by atoms with Crippen molar-refractivity contribution in [3.05, 3.63) is 29.6 Å². The van der Waals surface area contributed by atoms with Crippen molar-refractivity contribution in [2.24, 2.45) is 5.16 Å². The summed E-state index contributed by atoms with van der Waals surface area (Å²) >= 11 is 0. The van der Waals surface area contributed by atoms with E-state index in [1.807, 2.05) is 13.0 Å². The second kappa shape index (κ2) is 8.29. The Morgan fingerprint density at radius 3 is 2.58 bits per heavy atom. The summed E-state index contributed by atoms with van der Waals surface area (Å²) in [6, 6.07) is 7.04. The Morgan fingerprint density at radius 1 is 1.35 bits per heavy atom. The first-order chi connectivity index (χ1) is 12.4. The van der Waals surface area contributed by atoms with Gasteiger partial charge in [-0.25, -0.2) is 4.98 Å². The van der Waals surface area contributed by atoms with Crippen LogP contribution in [0.1, 0.15) is 45.0 Å². The summed E-state index contributed by atoms with van der Waals surface area (Å²) in [5.74, 6) is -0.162. The van der Waals surface area contributed by atoms with Crippen LogP contribution in [0.25, 0.3) is 11.0 Å². The summed E-state index contributed by atoms with van der Waals surface area (Å²) in [5.41, 5.74) is 2.33. The van der Waals surface area contributed by atoms with Crippen LogP contribution in [0, 0.1) is 11.3 Å². The van der Waals surface area contributed by atoms with Gasteiger partial charge in [0.15, 0.2) is 0 Å². The molecule has 2 rings (SSSR count). The molecule has 8 nitrogen and oxygen atoms in total. The molecule has 0 aliphatic heterocycles. The van der Waals surface area contributed by atoms with Crippen LogP contribution in [0.15, 0.2) is 23.4 Å². The number of hydrogen-bond acceptors (Lipinski definition) is 6. The number of rotatable bonds is 8. The number of nitrogens with zero attached hydrogens (tertiary/aromatic N) is 5. The van der Waals surface area contributed by atoms with E-state index < -0.39 is 10.2 Å². The van der Waals surface area contributed by atoms with Crippen molar-refractivity contribution in [1.29, 1.82) is 5.26 Å². The third-order valence-corrected chi connectivity index (χ3v) is 6.00. The lowest BCUT2D eigenvalue weighted by molar-refractivity contribution is 0.213. The second-order valence-corrected chi connectivity index (χ2v) is 7.35. The molecular weight excluding hydrogens is 354 g/mol. The van der Waals surface area contributed by atoms with E-state index in [-0.39, 0.29) is 5.82 Å². The van der Waals surface area contributed by atoms with Crippen LogP contribution in [-0.4, -0.2) is 47.6 Å². The molecule has 0 saturated heterocycles. The van der Waals surface area contributed by atoms with Crippen LogP contribution in [-0.2, 0) is 15.0 Å². The van der Waals surface area contributed by atoms with Gasteiger partial charge in [-0.3, -0.25) is 0 Å². The zero-order valence-corrected chi connectivity index (χ0v) is 16.2. The number of aromatic nitrogens is 2. The molecule has 0 saturated carbocycles. The number of imidazole rings is 1. The Morgan fingerprint density at radius 2 is 2.04 bits per heavy atom. The minimum Gasteiger partial charge on any atom is -0.399 e. The van der Waals surface area contributed by atoms with Gasteiger partial charge in [0, 0.05) is 18.7 Å². The van der Waals surface area contributed by atoms with Gasteiger partial charge >= 0.3 is 10.2 Å². The maximum atomic E-state index is 12.9. The molecule has 2 aromatic rings. The van der Waals surface area contributed by atoms with Gasteiger partial charge in [-0.1, -0.05) is 38.4 Å². The van der Waals surface area contributed by atoms with Crippen molar-refractivity contribution in [3.63, 3.8) is 0 Å². The Labute approximate surface area is 153 Å². The fourth-order valence-corrected chi connectivity index (χ4v) is 4.38. The van der Waals surface area contributed by atoms with Crippen molar-refractivity contribution in [1.82, 2.24) is 13.3 Å². The Bertz CT molecular complexity index is 953. The van der Waals surface area contributed by atoms with Gasteiger partial charge in [0.25, 0.3) is 0 Å². The summed E-state index contributed by atoms with van der Waals surface area (Å²) in [7, 11) is -2.39. The summed E-state index contributed by atoms with van der Waals surface area (Å²) < 4.78 is 28.1. The molecule has 0 atom stereocenters. The molecule has 1 aromatic heterocycles. The van der Waals surface area contributed by atoms with Gasteiger partial charge in [0.1, 0.15) is 13.2 Å². The SMILES string of the molecule is CCCC(=NOC)c1ccc2c(c1)nc(C#N)n2S(=O)(=O)N(CC)CC. The second-order valence-electron chi connectivity index (χ2n) is 5.58. The first kappa shape index (κ1) is 19.9. The van der Waals surface area contributed by atoms with Crippen molar-refractivity contribution in [2.45, 2.75) is 33.6 Å². The molecule has 1 heterocycles. The van der Waals surface area contributed by atoms with Crippen molar-refractivity contribution >= 4 is 27.0 Å². The lowest BCUT2D eigenvalue weighted by Crippen LogP contribution is -2.35. The highest BCUT2D eigenvalue weighted by atomic mass is 32.2. The highest BCUT2D eigenvalue weighted by molar-refractivity contribution is 7.87. The number of benzene rings is 1. The monoisotopic (exact) mass is 377 g/mol. The largest absolute Gasteiger partial charge is 0.399 e. The highest BCUT2D eigenvalue weighted by Gasteiger charge is 2.27. The quantitative estimate of drug-likeness (QED) is 0.520. The number of oxime groups is 1. The molecule has 0 spiro atoms. The molecule has 0 aliphatic carbocycles. The van der Waals surface area contributed by atoms with Gasteiger partial charge in [0.05, 0.1) is 16.7 Å². The maximum absolute atomic E-state index is 12.9. The molecule has 9 heteroatoms. The number of nitriles is 1. The molecule has 0 bridgehead atoms. The van der Waals surface area contributed by atoms with E-state index in [0.717, 1.165) is 21.7 Å². The third-order valence-electron chi connectivity index (χ3n) is 4.00. The number of fused-ring (bicyclic) bond motifs is 1. The smallest absolute Gasteiger partial charge is 0.310 e. The molecule has 1 aromatic carbocycles. The molecular formula is C17H23N5O3S. The van der Waals surface area contributed by atoms with E-state index in [4.69, 9.17) is 4.84 Å². The summed E-state index contributed by atoms with van der Waals surface area (Å²) in [4.78, 5) is 9.11. The van der Waals surface area contributed by atoms with Crippen molar-refractivity contribution in [3.8, 4) is 6.07 Å².